The van der Waals surface area contributed by atoms with Crippen LogP contribution in [0.25, 0.3) is 0 Å². The molecule has 3 atom stereocenters. The largest absolute Gasteiger partial charge is 0.394 e. The van der Waals surface area contributed by atoms with E-state index in [0.717, 1.165) is 0 Å². The van der Waals surface area contributed by atoms with Crippen LogP contribution in [0.2, 0.25) is 5.02 Å². The predicted molar refractivity (Wildman–Crippen MR) is 86.8 cm³/mol. The van der Waals surface area contributed by atoms with Gasteiger partial charge >= 0.3 is 0 Å². The number of thiazole rings is 1. The molecule has 1 aliphatic rings. The Bertz CT molecular complexity index is 691. The van der Waals surface area contributed by atoms with Crippen LogP contribution < -0.4 is 5.32 Å². The standard InChI is InChI=1S/C15H15ClN2O4S/c16-8-1-3-9(4-2-8)17-14(21)10-7-23-15(18-10)12-5-11(20)13(6-19)22-12/h1-4,7,11-13,19-20H,5-6H2,(H,17,21)/t11-,12-,13+/m0/s1. The van der Waals surface area contributed by atoms with E-state index in [9.17, 15) is 9.90 Å². The van der Waals surface area contributed by atoms with E-state index < -0.39 is 18.3 Å². The Morgan fingerprint density at radius 1 is 1.43 bits per heavy atom. The van der Waals surface area contributed by atoms with Gasteiger partial charge in [0.1, 0.15) is 22.9 Å². The zero-order valence-electron chi connectivity index (χ0n) is 12.0. The molecule has 0 saturated carbocycles. The third kappa shape index (κ3) is 3.70. The molecule has 8 heteroatoms. The van der Waals surface area contributed by atoms with Gasteiger partial charge in [0.2, 0.25) is 0 Å². The number of halogens is 1. The number of nitrogens with zero attached hydrogens (tertiary/aromatic N) is 1. The van der Waals surface area contributed by atoms with Gasteiger partial charge in [0.15, 0.2) is 0 Å². The minimum atomic E-state index is -0.722. The minimum absolute atomic E-state index is 0.243. The van der Waals surface area contributed by atoms with Crippen LogP contribution in [-0.4, -0.2) is 39.9 Å². The van der Waals surface area contributed by atoms with Gasteiger partial charge in [0, 0.05) is 22.5 Å². The van der Waals surface area contributed by atoms with Crippen molar-refractivity contribution in [3.8, 4) is 0 Å². The van der Waals surface area contributed by atoms with E-state index in [-0.39, 0.29) is 18.2 Å². The van der Waals surface area contributed by atoms with Crippen LogP contribution in [0.15, 0.2) is 29.6 Å². The molecule has 122 valence electrons. The van der Waals surface area contributed by atoms with Crippen LogP contribution in [0.3, 0.4) is 0 Å². The lowest BCUT2D eigenvalue weighted by atomic mass is 10.1. The normalized spacial score (nSPS) is 23.9. The Labute approximate surface area is 141 Å². The molecule has 2 heterocycles. The molecule has 0 aliphatic carbocycles. The molecule has 3 rings (SSSR count). The van der Waals surface area contributed by atoms with Gasteiger partial charge in [-0.25, -0.2) is 4.98 Å². The van der Waals surface area contributed by atoms with Crippen molar-refractivity contribution in [1.82, 2.24) is 4.98 Å². The molecule has 0 spiro atoms. The van der Waals surface area contributed by atoms with Crippen LogP contribution in [-0.2, 0) is 4.74 Å². The molecule has 23 heavy (non-hydrogen) atoms. The van der Waals surface area contributed by atoms with Crippen molar-refractivity contribution in [2.24, 2.45) is 0 Å². The first kappa shape index (κ1) is 16.4. The molecule has 2 aromatic rings. The van der Waals surface area contributed by atoms with E-state index in [1.807, 2.05) is 0 Å². The maximum absolute atomic E-state index is 12.2. The molecule has 1 saturated heterocycles. The Balaban J connectivity index is 1.67. The number of aliphatic hydroxyl groups excluding tert-OH is 2. The number of benzene rings is 1. The highest BCUT2D eigenvalue weighted by Gasteiger charge is 2.36. The number of amides is 1. The number of rotatable bonds is 4. The maximum Gasteiger partial charge on any atom is 0.275 e. The number of aromatic nitrogens is 1. The van der Waals surface area contributed by atoms with E-state index in [1.54, 1.807) is 29.6 Å². The molecule has 1 aromatic carbocycles. The Morgan fingerprint density at radius 2 is 2.17 bits per heavy atom. The Morgan fingerprint density at radius 3 is 2.83 bits per heavy atom. The van der Waals surface area contributed by atoms with Gasteiger partial charge in [-0.05, 0) is 24.3 Å². The number of carbonyl (C=O) groups excluding carboxylic acids is 1. The van der Waals surface area contributed by atoms with Crippen LogP contribution in [0.1, 0.15) is 28.0 Å². The van der Waals surface area contributed by atoms with Crippen molar-refractivity contribution in [3.05, 3.63) is 45.4 Å². The molecule has 1 aliphatic heterocycles. The van der Waals surface area contributed by atoms with Gasteiger partial charge in [-0.1, -0.05) is 11.6 Å². The van der Waals surface area contributed by atoms with Crippen LogP contribution in [0, 0.1) is 0 Å². The molecule has 0 radical (unpaired) electrons. The quantitative estimate of drug-likeness (QED) is 0.783. The summed E-state index contributed by atoms with van der Waals surface area (Å²) in [6.45, 7) is -0.243. The summed E-state index contributed by atoms with van der Waals surface area (Å²) in [6.07, 6.45) is -1.36. The van der Waals surface area contributed by atoms with Gasteiger partial charge in [-0.2, -0.15) is 0 Å². The van der Waals surface area contributed by atoms with E-state index in [2.05, 4.69) is 10.3 Å². The third-order valence-electron chi connectivity index (χ3n) is 3.54. The highest BCUT2D eigenvalue weighted by molar-refractivity contribution is 7.09. The fourth-order valence-corrected chi connectivity index (χ4v) is 3.29. The van der Waals surface area contributed by atoms with Crippen molar-refractivity contribution >= 4 is 34.5 Å². The van der Waals surface area contributed by atoms with Crippen molar-refractivity contribution < 1.29 is 19.7 Å². The smallest absolute Gasteiger partial charge is 0.275 e. The summed E-state index contributed by atoms with van der Waals surface area (Å²) in [7, 11) is 0. The lowest BCUT2D eigenvalue weighted by Gasteiger charge is -2.09. The van der Waals surface area contributed by atoms with E-state index >= 15 is 0 Å². The summed E-state index contributed by atoms with van der Waals surface area (Å²) in [5.74, 6) is -0.327. The first-order valence-electron chi connectivity index (χ1n) is 7.03. The van der Waals surface area contributed by atoms with E-state index in [1.165, 1.54) is 11.3 Å². The highest BCUT2D eigenvalue weighted by atomic mass is 35.5. The monoisotopic (exact) mass is 354 g/mol. The van der Waals surface area contributed by atoms with Gasteiger partial charge in [0.25, 0.3) is 5.91 Å². The fraction of sp³-hybridized carbons (Fsp3) is 0.333. The molecule has 1 aromatic heterocycles. The van der Waals surface area contributed by atoms with Crippen LogP contribution in [0.4, 0.5) is 5.69 Å². The van der Waals surface area contributed by atoms with Gasteiger partial charge < -0.3 is 20.3 Å². The molecule has 1 fully saturated rings. The zero-order valence-corrected chi connectivity index (χ0v) is 13.5. The topological polar surface area (TPSA) is 91.7 Å². The molecular weight excluding hydrogens is 340 g/mol. The molecule has 0 unspecified atom stereocenters. The SMILES string of the molecule is O=C(Nc1ccc(Cl)cc1)c1csc([C@@H]2C[C@H](O)[C@@H](CO)O2)n1. The van der Waals surface area contributed by atoms with Gasteiger partial charge in [-0.3, -0.25) is 4.79 Å². The van der Waals surface area contributed by atoms with Crippen molar-refractivity contribution in [3.63, 3.8) is 0 Å². The molecule has 1 amide bonds. The predicted octanol–water partition coefficient (Wildman–Crippen LogP) is 2.23. The van der Waals surface area contributed by atoms with E-state index in [0.29, 0.717) is 22.1 Å². The average Bonchev–Trinajstić information content (AvgIpc) is 3.16. The fourth-order valence-electron chi connectivity index (χ4n) is 2.32. The summed E-state index contributed by atoms with van der Waals surface area (Å²) in [5.41, 5.74) is 0.910. The second-order valence-electron chi connectivity index (χ2n) is 5.18. The molecular formula is C15H15ClN2O4S. The second-order valence-corrected chi connectivity index (χ2v) is 6.51. The molecule has 6 nitrogen and oxygen atoms in total. The van der Waals surface area contributed by atoms with Crippen molar-refractivity contribution in [2.45, 2.75) is 24.7 Å². The zero-order chi connectivity index (χ0) is 16.4. The first-order valence-corrected chi connectivity index (χ1v) is 8.29. The number of hydrogen-bond donors (Lipinski definition) is 3. The maximum atomic E-state index is 12.2. The average molecular weight is 355 g/mol. The van der Waals surface area contributed by atoms with Gasteiger partial charge in [0.05, 0.1) is 12.7 Å². The van der Waals surface area contributed by atoms with E-state index in [4.69, 9.17) is 21.4 Å². The highest BCUT2D eigenvalue weighted by Crippen LogP contribution is 2.34. The van der Waals surface area contributed by atoms with Crippen molar-refractivity contribution in [1.29, 1.82) is 0 Å². The van der Waals surface area contributed by atoms with Crippen LogP contribution >= 0.6 is 22.9 Å². The summed E-state index contributed by atoms with van der Waals surface area (Å²) >= 11 is 7.09. The number of nitrogens with one attached hydrogen (secondary N) is 1. The molecule has 3 N–H and O–H groups in total. The lowest BCUT2D eigenvalue weighted by molar-refractivity contribution is -0.0226. The summed E-state index contributed by atoms with van der Waals surface area (Å²) in [6, 6.07) is 6.78. The van der Waals surface area contributed by atoms with Crippen LogP contribution in [0.5, 0.6) is 0 Å². The molecule has 0 bridgehead atoms. The number of anilines is 1. The second kappa shape index (κ2) is 6.94. The van der Waals surface area contributed by atoms with Crippen molar-refractivity contribution in [2.75, 3.05) is 11.9 Å². The summed E-state index contributed by atoms with van der Waals surface area (Å²) in [4.78, 5) is 16.5. The summed E-state index contributed by atoms with van der Waals surface area (Å²) < 4.78 is 5.53. The Kier molecular flexibility index (Phi) is 4.93. The first-order chi connectivity index (χ1) is 11.1. The number of aliphatic hydroxyl groups is 2. The lowest BCUT2D eigenvalue weighted by Crippen LogP contribution is -2.24. The minimum Gasteiger partial charge on any atom is -0.394 e. The number of carbonyl (C=O) groups is 1. The summed E-state index contributed by atoms with van der Waals surface area (Å²) in [5, 5.41) is 24.4. The third-order valence-corrected chi connectivity index (χ3v) is 4.72. The Hall–Kier alpha value is -1.51. The van der Waals surface area contributed by atoms with Gasteiger partial charge in [-0.15, -0.1) is 11.3 Å². The number of ether oxygens (including phenoxy) is 1. The number of hydrogen-bond acceptors (Lipinski definition) is 6.